The van der Waals surface area contributed by atoms with Gasteiger partial charge in [0.1, 0.15) is 11.7 Å². The van der Waals surface area contributed by atoms with E-state index in [4.69, 9.17) is 9.47 Å². The van der Waals surface area contributed by atoms with Crippen molar-refractivity contribution in [2.45, 2.75) is 31.7 Å². The first-order valence-corrected chi connectivity index (χ1v) is 4.17. The first-order chi connectivity index (χ1) is 5.61. The highest BCUT2D eigenvalue weighted by Crippen LogP contribution is 2.25. The largest absolute Gasteiger partial charge is 0.365 e. The quantitative estimate of drug-likeness (QED) is 0.465. The highest BCUT2D eigenvalue weighted by molar-refractivity contribution is 5.02. The summed E-state index contributed by atoms with van der Waals surface area (Å²) < 4.78 is 9.88. The molecule has 2 saturated heterocycles. The molecule has 0 spiro atoms. The van der Waals surface area contributed by atoms with Crippen LogP contribution in [0.5, 0.6) is 0 Å². The SMILES string of the molecule is C=CC1(C)CO1.C=CC1OC1C. The molecule has 2 heteroatoms. The summed E-state index contributed by atoms with van der Waals surface area (Å²) in [4.78, 5) is 0. The maximum Gasteiger partial charge on any atom is 0.107 e. The molecule has 2 heterocycles. The molecule has 0 aromatic rings. The predicted molar refractivity (Wildman–Crippen MR) is 49.1 cm³/mol. The summed E-state index contributed by atoms with van der Waals surface area (Å²) in [6, 6.07) is 0. The Kier molecular flexibility index (Phi) is 2.70. The standard InChI is InChI=1S/2C5H8O/c1-3-5(2)4-6-5;1-3-5-4(2)6-5/h3H,1,4H2,2H3;3-5H,1H2,2H3. The third-order valence-electron chi connectivity index (χ3n) is 2.02. The van der Waals surface area contributed by atoms with E-state index in [-0.39, 0.29) is 5.60 Å². The first kappa shape index (κ1) is 9.49. The average Bonchev–Trinajstić information content (AvgIpc) is 2.94. The van der Waals surface area contributed by atoms with Crippen molar-refractivity contribution in [1.82, 2.24) is 0 Å². The molecule has 2 aliphatic rings. The van der Waals surface area contributed by atoms with Crippen molar-refractivity contribution in [3.63, 3.8) is 0 Å². The second-order valence-corrected chi connectivity index (χ2v) is 3.35. The van der Waals surface area contributed by atoms with Gasteiger partial charge in [0.15, 0.2) is 0 Å². The highest BCUT2D eigenvalue weighted by atomic mass is 16.6. The molecule has 0 bridgehead atoms. The summed E-state index contributed by atoms with van der Waals surface area (Å²) in [5, 5.41) is 0. The molecule has 2 aliphatic heterocycles. The summed E-state index contributed by atoms with van der Waals surface area (Å²) in [5.41, 5.74) is 0.0556. The van der Waals surface area contributed by atoms with Crippen LogP contribution < -0.4 is 0 Å². The average molecular weight is 168 g/mol. The molecule has 0 aromatic heterocycles. The van der Waals surface area contributed by atoms with Gasteiger partial charge in [-0.3, -0.25) is 0 Å². The number of ether oxygens (including phenoxy) is 2. The van der Waals surface area contributed by atoms with Crippen molar-refractivity contribution < 1.29 is 9.47 Å². The van der Waals surface area contributed by atoms with Gasteiger partial charge in [-0.1, -0.05) is 12.2 Å². The Morgan fingerprint density at radius 3 is 2.00 bits per heavy atom. The van der Waals surface area contributed by atoms with Gasteiger partial charge in [0.05, 0.1) is 12.7 Å². The molecule has 0 aromatic carbocycles. The Labute approximate surface area is 73.9 Å². The lowest BCUT2D eigenvalue weighted by molar-refractivity contribution is 0.370. The van der Waals surface area contributed by atoms with E-state index < -0.39 is 0 Å². The normalized spacial score (nSPS) is 42.2. The maximum atomic E-state index is 4.95. The second-order valence-electron chi connectivity index (χ2n) is 3.35. The smallest absolute Gasteiger partial charge is 0.107 e. The molecule has 2 nitrogen and oxygen atoms in total. The van der Waals surface area contributed by atoms with Crippen molar-refractivity contribution in [2.24, 2.45) is 0 Å². The molecule has 0 N–H and O–H groups in total. The highest BCUT2D eigenvalue weighted by Gasteiger charge is 2.34. The number of hydrogen-bond donors (Lipinski definition) is 0. The molecular formula is C10H16O2. The van der Waals surface area contributed by atoms with Crippen molar-refractivity contribution in [2.75, 3.05) is 6.61 Å². The zero-order valence-corrected chi connectivity index (χ0v) is 7.75. The fourth-order valence-corrected chi connectivity index (χ4v) is 0.681. The Balaban J connectivity index is 0.000000120. The number of rotatable bonds is 2. The van der Waals surface area contributed by atoms with E-state index >= 15 is 0 Å². The Morgan fingerprint density at radius 2 is 2.00 bits per heavy atom. The van der Waals surface area contributed by atoms with Crippen molar-refractivity contribution in [3.05, 3.63) is 25.3 Å². The monoisotopic (exact) mass is 168 g/mol. The van der Waals surface area contributed by atoms with Gasteiger partial charge in [0.2, 0.25) is 0 Å². The van der Waals surface area contributed by atoms with Gasteiger partial charge in [-0.05, 0) is 13.8 Å². The maximum absolute atomic E-state index is 4.95. The molecule has 3 atom stereocenters. The van der Waals surface area contributed by atoms with E-state index in [1.165, 1.54) is 0 Å². The molecule has 0 aliphatic carbocycles. The van der Waals surface area contributed by atoms with E-state index in [0.717, 1.165) is 6.61 Å². The van der Waals surface area contributed by atoms with E-state index in [1.54, 1.807) is 0 Å². The van der Waals surface area contributed by atoms with Gasteiger partial charge in [0.25, 0.3) is 0 Å². The molecule has 0 radical (unpaired) electrons. The lowest BCUT2D eigenvalue weighted by Crippen LogP contribution is -1.94. The summed E-state index contributed by atoms with van der Waals surface area (Å²) in [7, 11) is 0. The van der Waals surface area contributed by atoms with E-state index in [1.807, 2.05) is 26.0 Å². The Morgan fingerprint density at radius 1 is 1.50 bits per heavy atom. The predicted octanol–water partition coefficient (Wildman–Crippen LogP) is 1.92. The summed E-state index contributed by atoms with van der Waals surface area (Å²) in [5.74, 6) is 0. The van der Waals surface area contributed by atoms with Crippen LogP contribution in [-0.2, 0) is 9.47 Å². The van der Waals surface area contributed by atoms with Crippen molar-refractivity contribution in [3.8, 4) is 0 Å². The molecule has 0 amide bonds. The fourth-order valence-electron chi connectivity index (χ4n) is 0.681. The van der Waals surface area contributed by atoms with Crippen LogP contribution in [0.25, 0.3) is 0 Å². The molecule has 12 heavy (non-hydrogen) atoms. The molecule has 2 rings (SSSR count). The van der Waals surface area contributed by atoms with Gasteiger partial charge < -0.3 is 9.47 Å². The van der Waals surface area contributed by atoms with Crippen LogP contribution in [0.1, 0.15) is 13.8 Å². The van der Waals surface area contributed by atoms with E-state index in [9.17, 15) is 0 Å². The van der Waals surface area contributed by atoms with E-state index in [0.29, 0.717) is 12.2 Å². The van der Waals surface area contributed by atoms with Crippen LogP contribution in [-0.4, -0.2) is 24.4 Å². The van der Waals surface area contributed by atoms with Gasteiger partial charge in [-0.2, -0.15) is 0 Å². The molecule has 2 fully saturated rings. The van der Waals surface area contributed by atoms with Crippen LogP contribution >= 0.6 is 0 Å². The first-order valence-electron chi connectivity index (χ1n) is 4.17. The zero-order chi connectivity index (χ0) is 9.19. The summed E-state index contributed by atoms with van der Waals surface area (Å²) in [6.45, 7) is 12.0. The van der Waals surface area contributed by atoms with Crippen LogP contribution in [0, 0.1) is 0 Å². The lowest BCUT2D eigenvalue weighted by Gasteiger charge is -1.86. The molecular weight excluding hydrogens is 152 g/mol. The molecule has 3 unspecified atom stereocenters. The number of epoxide rings is 2. The lowest BCUT2D eigenvalue weighted by atomic mass is 10.2. The zero-order valence-electron chi connectivity index (χ0n) is 7.75. The topological polar surface area (TPSA) is 25.1 Å². The van der Waals surface area contributed by atoms with Gasteiger partial charge in [-0.15, -0.1) is 13.2 Å². The Hall–Kier alpha value is -0.600. The van der Waals surface area contributed by atoms with Crippen molar-refractivity contribution in [1.29, 1.82) is 0 Å². The van der Waals surface area contributed by atoms with Gasteiger partial charge in [-0.25, -0.2) is 0 Å². The third kappa shape index (κ3) is 2.80. The van der Waals surface area contributed by atoms with Crippen LogP contribution in [0.4, 0.5) is 0 Å². The summed E-state index contributed by atoms with van der Waals surface area (Å²) >= 11 is 0. The minimum atomic E-state index is 0.0556. The van der Waals surface area contributed by atoms with Gasteiger partial charge in [0, 0.05) is 0 Å². The molecule has 68 valence electrons. The van der Waals surface area contributed by atoms with Crippen LogP contribution in [0.15, 0.2) is 25.3 Å². The van der Waals surface area contributed by atoms with Crippen molar-refractivity contribution >= 4 is 0 Å². The van der Waals surface area contributed by atoms with Gasteiger partial charge >= 0.3 is 0 Å². The fraction of sp³-hybridized carbons (Fsp3) is 0.600. The van der Waals surface area contributed by atoms with E-state index in [2.05, 4.69) is 13.2 Å². The van der Waals surface area contributed by atoms with Crippen LogP contribution in [0.2, 0.25) is 0 Å². The minimum absolute atomic E-state index is 0.0556. The Bertz CT molecular complexity index is 182. The second kappa shape index (κ2) is 3.42. The third-order valence-corrected chi connectivity index (χ3v) is 2.02. The summed E-state index contributed by atoms with van der Waals surface area (Å²) in [6.07, 6.45) is 4.46. The number of hydrogen-bond acceptors (Lipinski definition) is 2. The van der Waals surface area contributed by atoms with Crippen LogP contribution in [0.3, 0.4) is 0 Å². The minimum Gasteiger partial charge on any atom is -0.365 e. The molecule has 0 saturated carbocycles.